The molecule has 0 aliphatic heterocycles. The zero-order valence-electron chi connectivity index (χ0n) is 17.4. The zero-order valence-corrected chi connectivity index (χ0v) is 17.4. The van der Waals surface area contributed by atoms with Crippen LogP contribution in [-0.2, 0) is 17.9 Å². The van der Waals surface area contributed by atoms with Gasteiger partial charge >= 0.3 is 0 Å². The number of hydrogen-bond acceptors (Lipinski definition) is 2. The van der Waals surface area contributed by atoms with E-state index in [1.807, 2.05) is 100 Å². The second-order valence-corrected chi connectivity index (χ2v) is 7.63. The molecule has 3 aromatic carbocycles. The van der Waals surface area contributed by atoms with Crippen LogP contribution in [0.5, 0.6) is 0 Å². The Bertz CT molecular complexity index is 1500. The first kappa shape index (κ1) is 19.7. The van der Waals surface area contributed by atoms with Gasteiger partial charge in [0.05, 0.1) is 11.0 Å². The van der Waals surface area contributed by atoms with Crippen LogP contribution in [0.4, 0.5) is 0 Å². The van der Waals surface area contributed by atoms with E-state index in [0.717, 1.165) is 16.6 Å². The molecule has 5 aromatic rings. The Hall–Kier alpha value is -4.25. The van der Waals surface area contributed by atoms with Gasteiger partial charge in [-0.15, -0.1) is 0 Å². The van der Waals surface area contributed by atoms with Crippen molar-refractivity contribution in [3.63, 3.8) is 0 Å². The monoisotopic (exact) mass is 419 g/mol. The molecular formula is C27H21N3O2. The van der Waals surface area contributed by atoms with Gasteiger partial charge in [-0.25, -0.2) is 0 Å². The van der Waals surface area contributed by atoms with Gasteiger partial charge in [0.1, 0.15) is 12.0 Å². The molecule has 0 spiro atoms. The lowest BCUT2D eigenvalue weighted by molar-refractivity contribution is -0.118. The van der Waals surface area contributed by atoms with Crippen molar-refractivity contribution in [2.75, 3.05) is 0 Å². The smallest absolute Gasteiger partial charge is 0.267 e. The second-order valence-electron chi connectivity index (χ2n) is 7.63. The van der Waals surface area contributed by atoms with E-state index in [1.165, 1.54) is 0 Å². The molecule has 5 nitrogen and oxygen atoms in total. The number of pyridine rings is 2. The van der Waals surface area contributed by atoms with Gasteiger partial charge in [0, 0.05) is 23.5 Å². The summed E-state index contributed by atoms with van der Waals surface area (Å²) in [6, 6.07) is 30.5. The highest BCUT2D eigenvalue weighted by Crippen LogP contribution is 2.19. The Balaban J connectivity index is 1.58. The molecule has 5 rings (SSSR count). The molecule has 0 unspecified atom stereocenters. The maximum Gasteiger partial charge on any atom is 0.267 e. The van der Waals surface area contributed by atoms with Crippen LogP contribution in [-0.4, -0.2) is 15.0 Å². The summed E-state index contributed by atoms with van der Waals surface area (Å²) in [5.41, 5.74) is 3.15. The molecule has 0 aliphatic carbocycles. The van der Waals surface area contributed by atoms with Crippen LogP contribution in [0.3, 0.4) is 0 Å². The van der Waals surface area contributed by atoms with Crippen LogP contribution in [0.25, 0.3) is 21.8 Å². The normalized spacial score (nSPS) is 11.8. The molecule has 0 bridgehead atoms. The number of benzene rings is 3. The first-order chi connectivity index (χ1) is 15.7. The SMILES string of the molecule is O=C(Cn1c2ccccc2c(=O)c2ccccc21)N=c1ccccn1Cc1ccccc1. The number of nitrogens with zero attached hydrogens (tertiary/aromatic N) is 3. The third-order valence-corrected chi connectivity index (χ3v) is 5.52. The minimum atomic E-state index is -0.281. The van der Waals surface area contributed by atoms with E-state index >= 15 is 0 Å². The summed E-state index contributed by atoms with van der Waals surface area (Å²) < 4.78 is 3.83. The molecule has 156 valence electrons. The number of hydrogen-bond donors (Lipinski definition) is 0. The molecular weight excluding hydrogens is 398 g/mol. The molecule has 0 atom stereocenters. The van der Waals surface area contributed by atoms with Crippen LogP contribution in [0, 0.1) is 0 Å². The van der Waals surface area contributed by atoms with Crippen LogP contribution >= 0.6 is 0 Å². The van der Waals surface area contributed by atoms with E-state index in [2.05, 4.69) is 4.99 Å². The van der Waals surface area contributed by atoms with Gasteiger partial charge in [-0.2, -0.15) is 4.99 Å². The van der Waals surface area contributed by atoms with E-state index < -0.39 is 0 Å². The number of fused-ring (bicyclic) bond motifs is 2. The van der Waals surface area contributed by atoms with Crippen LogP contribution in [0.1, 0.15) is 5.56 Å². The van der Waals surface area contributed by atoms with E-state index in [-0.39, 0.29) is 17.9 Å². The minimum Gasteiger partial charge on any atom is -0.331 e. The van der Waals surface area contributed by atoms with E-state index in [9.17, 15) is 9.59 Å². The lowest BCUT2D eigenvalue weighted by Gasteiger charge is -2.13. The van der Waals surface area contributed by atoms with Crippen LogP contribution in [0.2, 0.25) is 0 Å². The number of para-hydroxylation sites is 2. The molecule has 1 amide bonds. The van der Waals surface area contributed by atoms with Gasteiger partial charge in [-0.3, -0.25) is 9.59 Å². The van der Waals surface area contributed by atoms with Crippen molar-refractivity contribution in [2.24, 2.45) is 4.99 Å². The standard InChI is InChI=1S/C27H21N3O2/c31-26(28-25-16-8-9-17-29(25)18-20-10-2-1-3-11-20)19-30-23-14-6-4-12-21(23)27(32)22-13-5-7-15-24(22)30/h1-17H,18-19H2. The molecule has 0 aliphatic rings. The average molecular weight is 419 g/mol. The molecule has 0 N–H and O–H groups in total. The van der Waals surface area contributed by atoms with Gasteiger partial charge < -0.3 is 9.13 Å². The lowest BCUT2D eigenvalue weighted by Crippen LogP contribution is -2.23. The molecule has 0 saturated heterocycles. The third-order valence-electron chi connectivity index (χ3n) is 5.52. The minimum absolute atomic E-state index is 0.0272. The number of aromatic nitrogens is 2. The Morgan fingerprint density at radius 3 is 2.00 bits per heavy atom. The second kappa shape index (κ2) is 8.47. The summed E-state index contributed by atoms with van der Waals surface area (Å²) in [7, 11) is 0. The third kappa shape index (κ3) is 3.76. The summed E-state index contributed by atoms with van der Waals surface area (Å²) in [6.07, 6.45) is 1.92. The van der Waals surface area contributed by atoms with Crippen molar-refractivity contribution in [2.45, 2.75) is 13.1 Å². The molecule has 32 heavy (non-hydrogen) atoms. The maximum absolute atomic E-state index is 13.1. The van der Waals surface area contributed by atoms with Crippen molar-refractivity contribution in [3.05, 3.63) is 125 Å². The van der Waals surface area contributed by atoms with Gasteiger partial charge in [0.2, 0.25) is 0 Å². The van der Waals surface area contributed by atoms with Gasteiger partial charge in [-0.1, -0.05) is 60.7 Å². The fourth-order valence-electron chi connectivity index (χ4n) is 4.03. The number of carbonyl (C=O) groups excluding carboxylic acids is 1. The van der Waals surface area contributed by atoms with Crippen molar-refractivity contribution in [1.82, 2.24) is 9.13 Å². The summed E-state index contributed by atoms with van der Waals surface area (Å²) in [6.45, 7) is 0.666. The van der Waals surface area contributed by atoms with E-state index in [0.29, 0.717) is 22.8 Å². The number of amides is 1. The zero-order chi connectivity index (χ0) is 21.9. The Morgan fingerprint density at radius 2 is 1.31 bits per heavy atom. The van der Waals surface area contributed by atoms with Crippen LogP contribution in [0.15, 0.2) is 113 Å². The number of carbonyl (C=O) groups is 1. The topological polar surface area (TPSA) is 56.4 Å². The highest BCUT2D eigenvalue weighted by molar-refractivity contribution is 5.94. The highest BCUT2D eigenvalue weighted by atomic mass is 16.1. The molecule has 2 heterocycles. The predicted molar refractivity (Wildman–Crippen MR) is 126 cm³/mol. The van der Waals surface area contributed by atoms with Crippen molar-refractivity contribution < 1.29 is 4.79 Å². The molecule has 0 fully saturated rings. The van der Waals surface area contributed by atoms with Crippen molar-refractivity contribution in [1.29, 1.82) is 0 Å². The summed E-state index contributed by atoms with van der Waals surface area (Å²) in [5, 5.41) is 1.19. The average Bonchev–Trinajstić information content (AvgIpc) is 2.84. The van der Waals surface area contributed by atoms with Crippen molar-refractivity contribution in [3.8, 4) is 0 Å². The first-order valence-electron chi connectivity index (χ1n) is 10.5. The van der Waals surface area contributed by atoms with Gasteiger partial charge in [0.15, 0.2) is 5.43 Å². The van der Waals surface area contributed by atoms with E-state index in [1.54, 1.807) is 12.1 Å². The lowest BCUT2D eigenvalue weighted by atomic mass is 10.1. The maximum atomic E-state index is 13.1. The summed E-state index contributed by atoms with van der Waals surface area (Å²) >= 11 is 0. The quantitative estimate of drug-likeness (QED) is 0.411. The highest BCUT2D eigenvalue weighted by Gasteiger charge is 2.12. The summed E-state index contributed by atoms with van der Waals surface area (Å²) in [4.78, 5) is 30.4. The number of rotatable bonds is 4. The Kier molecular flexibility index (Phi) is 5.22. The fraction of sp³-hybridized carbons (Fsp3) is 0.0741. The summed E-state index contributed by atoms with van der Waals surface area (Å²) in [5.74, 6) is -0.281. The van der Waals surface area contributed by atoms with Crippen molar-refractivity contribution >= 4 is 27.7 Å². The molecule has 2 aromatic heterocycles. The first-order valence-corrected chi connectivity index (χ1v) is 10.5. The molecule has 0 radical (unpaired) electrons. The molecule has 0 saturated carbocycles. The van der Waals surface area contributed by atoms with Gasteiger partial charge in [-0.05, 0) is 42.0 Å². The largest absolute Gasteiger partial charge is 0.331 e. The Labute approximate surface area is 184 Å². The van der Waals surface area contributed by atoms with Crippen LogP contribution < -0.4 is 10.9 Å². The fourth-order valence-corrected chi connectivity index (χ4v) is 4.03. The molecule has 5 heteroatoms. The van der Waals surface area contributed by atoms with E-state index in [4.69, 9.17) is 0 Å². The van der Waals surface area contributed by atoms with Gasteiger partial charge in [0.25, 0.3) is 5.91 Å². The Morgan fingerprint density at radius 1 is 0.719 bits per heavy atom. The predicted octanol–water partition coefficient (Wildman–Crippen LogP) is 4.13.